The standard InChI is InChI=1S/C22H26N2O2/c1-22(2)14-20(23-19-9-8-16(21(25)26)13-18(19)22)15-6-5-7-17(12-15)24-10-3-4-11-24/h5-9,12-13,20,23H,3-4,10-11,14H2,1-2H3,(H,25,26). The lowest BCUT2D eigenvalue weighted by Gasteiger charge is -2.39. The fraction of sp³-hybridized carbons (Fsp3) is 0.409. The average molecular weight is 350 g/mol. The summed E-state index contributed by atoms with van der Waals surface area (Å²) in [4.78, 5) is 13.8. The molecule has 0 amide bonds. The average Bonchev–Trinajstić information content (AvgIpc) is 3.15. The fourth-order valence-corrected chi connectivity index (χ4v) is 4.34. The summed E-state index contributed by atoms with van der Waals surface area (Å²) in [5.41, 5.74) is 5.02. The van der Waals surface area contributed by atoms with E-state index >= 15 is 0 Å². The number of anilines is 2. The van der Waals surface area contributed by atoms with Crippen molar-refractivity contribution in [3.05, 3.63) is 59.2 Å². The minimum absolute atomic E-state index is 0.0830. The molecule has 4 heteroatoms. The molecule has 2 aliphatic rings. The lowest BCUT2D eigenvalue weighted by atomic mass is 9.73. The van der Waals surface area contributed by atoms with Gasteiger partial charge in [-0.25, -0.2) is 4.79 Å². The van der Waals surface area contributed by atoms with Crippen LogP contribution < -0.4 is 10.2 Å². The number of fused-ring (bicyclic) bond motifs is 1. The van der Waals surface area contributed by atoms with Crippen LogP contribution in [0.4, 0.5) is 11.4 Å². The van der Waals surface area contributed by atoms with Crippen molar-refractivity contribution in [1.82, 2.24) is 0 Å². The van der Waals surface area contributed by atoms with Gasteiger partial charge in [0.15, 0.2) is 0 Å². The van der Waals surface area contributed by atoms with E-state index in [1.54, 1.807) is 6.07 Å². The van der Waals surface area contributed by atoms with Crippen molar-refractivity contribution in [2.24, 2.45) is 0 Å². The first-order chi connectivity index (χ1) is 12.4. The van der Waals surface area contributed by atoms with E-state index in [-0.39, 0.29) is 11.5 Å². The molecular formula is C22H26N2O2. The fourth-order valence-electron chi connectivity index (χ4n) is 4.34. The van der Waals surface area contributed by atoms with Gasteiger partial charge in [-0.2, -0.15) is 0 Å². The molecule has 0 aromatic heterocycles. The highest BCUT2D eigenvalue weighted by molar-refractivity contribution is 5.89. The Morgan fingerprint density at radius 2 is 1.92 bits per heavy atom. The third kappa shape index (κ3) is 3.05. The third-order valence-corrected chi connectivity index (χ3v) is 5.78. The lowest BCUT2D eigenvalue weighted by molar-refractivity contribution is 0.0696. The minimum Gasteiger partial charge on any atom is -0.478 e. The zero-order chi connectivity index (χ0) is 18.3. The van der Waals surface area contributed by atoms with E-state index in [1.165, 1.54) is 24.1 Å². The van der Waals surface area contributed by atoms with E-state index in [1.807, 2.05) is 12.1 Å². The summed E-state index contributed by atoms with van der Waals surface area (Å²) < 4.78 is 0. The zero-order valence-electron chi connectivity index (χ0n) is 15.5. The molecule has 0 aliphatic carbocycles. The van der Waals surface area contributed by atoms with Crippen LogP contribution >= 0.6 is 0 Å². The topological polar surface area (TPSA) is 52.6 Å². The molecule has 1 atom stereocenters. The van der Waals surface area contributed by atoms with Crippen LogP contribution in [-0.4, -0.2) is 24.2 Å². The first-order valence-electron chi connectivity index (χ1n) is 9.43. The van der Waals surface area contributed by atoms with Crippen molar-refractivity contribution in [2.45, 2.75) is 44.6 Å². The van der Waals surface area contributed by atoms with Gasteiger partial charge in [0.25, 0.3) is 0 Å². The molecule has 2 aromatic rings. The van der Waals surface area contributed by atoms with E-state index in [2.05, 4.69) is 48.3 Å². The maximum atomic E-state index is 11.3. The summed E-state index contributed by atoms with van der Waals surface area (Å²) in [6, 6.07) is 14.5. The molecule has 0 radical (unpaired) electrons. The van der Waals surface area contributed by atoms with Gasteiger partial charge in [-0.3, -0.25) is 0 Å². The van der Waals surface area contributed by atoms with Crippen LogP contribution in [-0.2, 0) is 5.41 Å². The van der Waals surface area contributed by atoms with Gasteiger partial charge in [-0.1, -0.05) is 26.0 Å². The maximum Gasteiger partial charge on any atom is 0.335 e. The van der Waals surface area contributed by atoms with Crippen LogP contribution in [0.15, 0.2) is 42.5 Å². The number of hydrogen-bond acceptors (Lipinski definition) is 3. The predicted octanol–water partition coefficient (Wildman–Crippen LogP) is 4.82. The molecule has 0 saturated carbocycles. The van der Waals surface area contributed by atoms with E-state index < -0.39 is 5.97 Å². The molecule has 2 N–H and O–H groups in total. The molecule has 0 bridgehead atoms. The lowest BCUT2D eigenvalue weighted by Crippen LogP contribution is -2.31. The molecule has 4 nitrogen and oxygen atoms in total. The van der Waals surface area contributed by atoms with Crippen LogP contribution in [0.2, 0.25) is 0 Å². The highest BCUT2D eigenvalue weighted by Crippen LogP contribution is 2.44. The number of nitrogens with zero attached hydrogens (tertiary/aromatic N) is 1. The number of nitrogens with one attached hydrogen (secondary N) is 1. The van der Waals surface area contributed by atoms with Gasteiger partial charge >= 0.3 is 5.97 Å². The summed E-state index contributed by atoms with van der Waals surface area (Å²) in [6.07, 6.45) is 3.49. The van der Waals surface area contributed by atoms with Crippen LogP contribution in [0, 0.1) is 0 Å². The van der Waals surface area contributed by atoms with E-state index in [0.717, 1.165) is 30.8 Å². The summed E-state index contributed by atoms with van der Waals surface area (Å²) in [5.74, 6) is -0.871. The van der Waals surface area contributed by atoms with Crippen molar-refractivity contribution in [2.75, 3.05) is 23.3 Å². The highest BCUT2D eigenvalue weighted by atomic mass is 16.4. The monoisotopic (exact) mass is 350 g/mol. The van der Waals surface area contributed by atoms with Gasteiger partial charge < -0.3 is 15.3 Å². The van der Waals surface area contributed by atoms with Gasteiger partial charge in [0.05, 0.1) is 11.6 Å². The molecule has 2 aliphatic heterocycles. The number of rotatable bonds is 3. The Balaban J connectivity index is 1.66. The van der Waals surface area contributed by atoms with Crippen molar-refractivity contribution in [3.63, 3.8) is 0 Å². The van der Waals surface area contributed by atoms with Crippen LogP contribution in [0.1, 0.15) is 60.6 Å². The summed E-state index contributed by atoms with van der Waals surface area (Å²) in [5, 5.41) is 12.9. The van der Waals surface area contributed by atoms with E-state index in [9.17, 15) is 9.90 Å². The van der Waals surface area contributed by atoms with E-state index in [4.69, 9.17) is 0 Å². The van der Waals surface area contributed by atoms with Crippen LogP contribution in [0.3, 0.4) is 0 Å². The Morgan fingerprint density at radius 3 is 2.65 bits per heavy atom. The van der Waals surface area contributed by atoms with E-state index in [0.29, 0.717) is 5.56 Å². The molecule has 136 valence electrons. The van der Waals surface area contributed by atoms with Gasteiger partial charge in [-0.05, 0) is 66.1 Å². The second-order valence-corrected chi connectivity index (χ2v) is 8.14. The minimum atomic E-state index is -0.871. The van der Waals surface area contributed by atoms with Crippen molar-refractivity contribution < 1.29 is 9.90 Å². The van der Waals surface area contributed by atoms with Gasteiger partial charge in [-0.15, -0.1) is 0 Å². The Morgan fingerprint density at radius 1 is 1.15 bits per heavy atom. The molecular weight excluding hydrogens is 324 g/mol. The maximum absolute atomic E-state index is 11.3. The molecule has 1 saturated heterocycles. The SMILES string of the molecule is CC1(C)CC(c2cccc(N3CCCC3)c2)Nc2ccc(C(=O)O)cc21. The second-order valence-electron chi connectivity index (χ2n) is 8.14. The smallest absolute Gasteiger partial charge is 0.335 e. The Kier molecular flexibility index (Phi) is 4.14. The number of aromatic carboxylic acids is 1. The summed E-state index contributed by atoms with van der Waals surface area (Å²) in [6.45, 7) is 6.70. The number of carbonyl (C=O) groups is 1. The Labute approximate surface area is 154 Å². The molecule has 2 aromatic carbocycles. The number of carboxylic acids is 1. The largest absolute Gasteiger partial charge is 0.478 e. The molecule has 2 heterocycles. The van der Waals surface area contributed by atoms with Gasteiger partial charge in [0.2, 0.25) is 0 Å². The zero-order valence-corrected chi connectivity index (χ0v) is 15.5. The number of carboxylic acid groups (broad SMARTS) is 1. The number of benzene rings is 2. The van der Waals surface area contributed by atoms with Crippen molar-refractivity contribution in [1.29, 1.82) is 0 Å². The van der Waals surface area contributed by atoms with Gasteiger partial charge in [0, 0.05) is 24.5 Å². The van der Waals surface area contributed by atoms with Crippen molar-refractivity contribution >= 4 is 17.3 Å². The van der Waals surface area contributed by atoms with Crippen LogP contribution in [0.5, 0.6) is 0 Å². The summed E-state index contributed by atoms with van der Waals surface area (Å²) >= 11 is 0. The second kappa shape index (κ2) is 6.35. The molecule has 4 rings (SSSR count). The van der Waals surface area contributed by atoms with Gasteiger partial charge in [0.1, 0.15) is 0 Å². The molecule has 0 spiro atoms. The number of hydrogen-bond donors (Lipinski definition) is 2. The van der Waals surface area contributed by atoms with Crippen molar-refractivity contribution in [3.8, 4) is 0 Å². The first-order valence-corrected chi connectivity index (χ1v) is 9.43. The highest BCUT2D eigenvalue weighted by Gasteiger charge is 2.34. The molecule has 1 fully saturated rings. The molecule has 26 heavy (non-hydrogen) atoms. The quantitative estimate of drug-likeness (QED) is 0.833. The molecule has 1 unspecified atom stereocenters. The third-order valence-electron chi connectivity index (χ3n) is 5.78. The first kappa shape index (κ1) is 17.0. The Hall–Kier alpha value is -2.49. The Bertz CT molecular complexity index is 838. The predicted molar refractivity (Wildman–Crippen MR) is 105 cm³/mol. The van der Waals surface area contributed by atoms with Crippen LogP contribution in [0.25, 0.3) is 0 Å². The summed E-state index contributed by atoms with van der Waals surface area (Å²) in [7, 11) is 0. The normalized spacial score (nSPS) is 21.2.